The van der Waals surface area contributed by atoms with Crippen LogP contribution in [0.4, 0.5) is 0 Å². The van der Waals surface area contributed by atoms with Crippen molar-refractivity contribution in [2.24, 2.45) is 5.92 Å². The van der Waals surface area contributed by atoms with Gasteiger partial charge in [0.05, 0.1) is 6.61 Å². The molecule has 0 aliphatic heterocycles. The minimum Gasteiger partial charge on any atom is -0.465 e. The van der Waals surface area contributed by atoms with Gasteiger partial charge in [-0.25, -0.2) is 0 Å². The number of rotatable bonds is 6. The molecule has 0 aromatic heterocycles. The fraction of sp³-hybridized carbons (Fsp3) is 0.909. The van der Waals surface area contributed by atoms with Gasteiger partial charge in [-0.05, 0) is 26.8 Å². The van der Waals surface area contributed by atoms with E-state index in [4.69, 9.17) is 4.74 Å². The zero-order valence-electron chi connectivity index (χ0n) is 10.0. The van der Waals surface area contributed by atoms with Crippen LogP contribution in [0.3, 0.4) is 0 Å². The van der Waals surface area contributed by atoms with E-state index in [0.717, 1.165) is 13.0 Å². The average molecular weight is 201 g/mol. The van der Waals surface area contributed by atoms with Crippen LogP contribution < -0.4 is 0 Å². The van der Waals surface area contributed by atoms with Gasteiger partial charge in [-0.2, -0.15) is 0 Å². The van der Waals surface area contributed by atoms with Gasteiger partial charge in [0.25, 0.3) is 0 Å². The maximum Gasteiger partial charge on any atom is 0.323 e. The lowest BCUT2D eigenvalue weighted by molar-refractivity contribution is -0.148. The zero-order chi connectivity index (χ0) is 11.1. The summed E-state index contributed by atoms with van der Waals surface area (Å²) in [5.41, 5.74) is 0. The summed E-state index contributed by atoms with van der Waals surface area (Å²) in [5, 5.41) is 0. The Kier molecular flexibility index (Phi) is 6.54. The van der Waals surface area contributed by atoms with Crippen LogP contribution in [-0.2, 0) is 9.53 Å². The molecule has 0 aliphatic carbocycles. The van der Waals surface area contributed by atoms with Crippen molar-refractivity contribution in [3.05, 3.63) is 0 Å². The third kappa shape index (κ3) is 4.61. The molecular weight excluding hydrogens is 178 g/mol. The van der Waals surface area contributed by atoms with Crippen LogP contribution in [0, 0.1) is 5.92 Å². The van der Waals surface area contributed by atoms with Crippen molar-refractivity contribution in [2.75, 3.05) is 20.2 Å². The molecule has 0 amide bonds. The summed E-state index contributed by atoms with van der Waals surface area (Å²) in [5.74, 6) is 0.496. The largest absolute Gasteiger partial charge is 0.465 e. The Labute approximate surface area is 87.4 Å². The molecule has 0 aromatic carbocycles. The normalized spacial score (nSPS) is 15.3. The summed E-state index contributed by atoms with van der Waals surface area (Å²) >= 11 is 0. The fourth-order valence-electron chi connectivity index (χ4n) is 1.22. The highest BCUT2D eigenvalue weighted by atomic mass is 16.5. The Morgan fingerprint density at radius 2 is 1.93 bits per heavy atom. The van der Waals surface area contributed by atoms with Crippen molar-refractivity contribution >= 4 is 5.97 Å². The van der Waals surface area contributed by atoms with Crippen molar-refractivity contribution in [3.63, 3.8) is 0 Å². The molecule has 14 heavy (non-hydrogen) atoms. The van der Waals surface area contributed by atoms with Crippen LogP contribution in [0.2, 0.25) is 0 Å². The predicted octanol–water partition coefficient (Wildman–Crippen LogP) is 1.92. The van der Waals surface area contributed by atoms with Crippen molar-refractivity contribution in [2.45, 2.75) is 40.2 Å². The van der Waals surface area contributed by atoms with Crippen molar-refractivity contribution < 1.29 is 9.53 Å². The molecule has 0 bridgehead atoms. The molecule has 0 aliphatic rings. The maximum absolute atomic E-state index is 11.4. The number of carbonyl (C=O) groups is 1. The topological polar surface area (TPSA) is 29.5 Å². The number of hydrogen-bond acceptors (Lipinski definition) is 3. The summed E-state index contributed by atoms with van der Waals surface area (Å²) in [6, 6.07) is -0.135. The van der Waals surface area contributed by atoms with Gasteiger partial charge < -0.3 is 4.74 Å². The predicted molar refractivity (Wildman–Crippen MR) is 58.2 cm³/mol. The van der Waals surface area contributed by atoms with E-state index in [1.165, 1.54) is 0 Å². The Morgan fingerprint density at radius 3 is 2.36 bits per heavy atom. The van der Waals surface area contributed by atoms with Crippen LogP contribution in [0.25, 0.3) is 0 Å². The smallest absolute Gasteiger partial charge is 0.323 e. The maximum atomic E-state index is 11.4. The molecule has 0 N–H and O–H groups in total. The minimum absolute atomic E-state index is 0.127. The third-order valence-corrected chi connectivity index (χ3v) is 2.59. The molecule has 0 radical (unpaired) electrons. The Balaban J connectivity index is 3.97. The van der Waals surface area contributed by atoms with E-state index in [1.54, 1.807) is 0 Å². The zero-order valence-corrected chi connectivity index (χ0v) is 10.0. The standard InChI is InChI=1S/C11H23NO2/c1-6-9(3)8-12(5)10(4)11(13)14-7-2/h9-10H,6-8H2,1-5H3. The Bertz CT molecular complexity index is 171. The van der Waals surface area contributed by atoms with Gasteiger partial charge >= 0.3 is 5.97 Å². The quantitative estimate of drug-likeness (QED) is 0.615. The summed E-state index contributed by atoms with van der Waals surface area (Å²) in [4.78, 5) is 13.4. The van der Waals surface area contributed by atoms with Gasteiger partial charge in [-0.1, -0.05) is 20.3 Å². The van der Waals surface area contributed by atoms with Crippen LogP contribution in [0.5, 0.6) is 0 Å². The van der Waals surface area contributed by atoms with Gasteiger partial charge in [0.15, 0.2) is 0 Å². The number of carbonyl (C=O) groups excluding carboxylic acids is 1. The molecule has 0 aromatic rings. The number of likely N-dealkylation sites (N-methyl/N-ethyl adjacent to an activating group) is 1. The Hall–Kier alpha value is -0.570. The summed E-state index contributed by atoms with van der Waals surface area (Å²) in [6.07, 6.45) is 1.14. The molecule has 84 valence electrons. The van der Waals surface area contributed by atoms with E-state index in [1.807, 2.05) is 25.8 Å². The Morgan fingerprint density at radius 1 is 1.36 bits per heavy atom. The first-order chi connectivity index (χ1) is 6.52. The summed E-state index contributed by atoms with van der Waals surface area (Å²) in [7, 11) is 1.97. The van der Waals surface area contributed by atoms with Gasteiger partial charge in [0.1, 0.15) is 6.04 Å². The molecule has 3 nitrogen and oxygen atoms in total. The van der Waals surface area contributed by atoms with Crippen molar-refractivity contribution in [3.8, 4) is 0 Å². The monoisotopic (exact) mass is 201 g/mol. The van der Waals surface area contributed by atoms with Crippen LogP contribution in [0.15, 0.2) is 0 Å². The van der Waals surface area contributed by atoms with Crippen LogP contribution >= 0.6 is 0 Å². The first-order valence-corrected chi connectivity index (χ1v) is 5.39. The molecule has 0 fully saturated rings. The molecule has 3 heteroatoms. The van der Waals surface area contributed by atoms with E-state index in [9.17, 15) is 4.79 Å². The molecule has 2 unspecified atom stereocenters. The molecule has 0 heterocycles. The van der Waals surface area contributed by atoms with Crippen molar-refractivity contribution in [1.82, 2.24) is 4.90 Å². The minimum atomic E-state index is -0.135. The molecule has 0 saturated heterocycles. The second-order valence-electron chi connectivity index (χ2n) is 3.88. The molecule has 0 saturated carbocycles. The average Bonchev–Trinajstić information content (AvgIpc) is 2.16. The lowest BCUT2D eigenvalue weighted by atomic mass is 10.1. The first kappa shape index (κ1) is 13.4. The molecule has 0 spiro atoms. The SMILES string of the molecule is CCOC(=O)C(C)N(C)CC(C)CC. The lowest BCUT2D eigenvalue weighted by Gasteiger charge is -2.25. The van der Waals surface area contributed by atoms with E-state index in [0.29, 0.717) is 12.5 Å². The summed E-state index contributed by atoms with van der Waals surface area (Å²) < 4.78 is 4.96. The highest BCUT2D eigenvalue weighted by molar-refractivity contribution is 5.75. The van der Waals surface area contributed by atoms with E-state index in [-0.39, 0.29) is 12.0 Å². The van der Waals surface area contributed by atoms with E-state index in [2.05, 4.69) is 13.8 Å². The third-order valence-electron chi connectivity index (χ3n) is 2.59. The first-order valence-electron chi connectivity index (χ1n) is 5.39. The number of esters is 1. The summed E-state index contributed by atoms with van der Waals surface area (Å²) in [6.45, 7) is 9.47. The highest BCUT2D eigenvalue weighted by Gasteiger charge is 2.19. The van der Waals surface area contributed by atoms with Crippen LogP contribution in [0.1, 0.15) is 34.1 Å². The second kappa shape index (κ2) is 6.82. The second-order valence-corrected chi connectivity index (χ2v) is 3.88. The van der Waals surface area contributed by atoms with Gasteiger partial charge in [0, 0.05) is 6.54 Å². The van der Waals surface area contributed by atoms with E-state index >= 15 is 0 Å². The van der Waals surface area contributed by atoms with E-state index < -0.39 is 0 Å². The van der Waals surface area contributed by atoms with Crippen molar-refractivity contribution in [1.29, 1.82) is 0 Å². The number of nitrogens with zero attached hydrogens (tertiary/aromatic N) is 1. The van der Waals surface area contributed by atoms with Gasteiger partial charge in [-0.3, -0.25) is 9.69 Å². The lowest BCUT2D eigenvalue weighted by Crippen LogP contribution is -2.39. The highest BCUT2D eigenvalue weighted by Crippen LogP contribution is 2.06. The fourth-order valence-corrected chi connectivity index (χ4v) is 1.22. The molecule has 0 rings (SSSR count). The number of ether oxygens (including phenoxy) is 1. The van der Waals surface area contributed by atoms with Crippen LogP contribution in [-0.4, -0.2) is 37.1 Å². The molecule has 2 atom stereocenters. The van der Waals surface area contributed by atoms with Gasteiger partial charge in [-0.15, -0.1) is 0 Å². The van der Waals surface area contributed by atoms with Gasteiger partial charge in [0.2, 0.25) is 0 Å². The molecular formula is C11H23NO2. The number of hydrogen-bond donors (Lipinski definition) is 0.